The molecule has 0 aromatic heterocycles. The van der Waals surface area contributed by atoms with Crippen LogP contribution in [0.3, 0.4) is 0 Å². The molecule has 1 nitrogen and oxygen atoms in total. The lowest BCUT2D eigenvalue weighted by Crippen LogP contribution is -2.29. The highest BCUT2D eigenvalue weighted by Gasteiger charge is 2.36. The van der Waals surface area contributed by atoms with E-state index in [9.17, 15) is 0 Å². The Hall–Kier alpha value is -0.0400. The fourth-order valence-corrected chi connectivity index (χ4v) is 3.21. The molecule has 1 heterocycles. The summed E-state index contributed by atoms with van der Waals surface area (Å²) in [7, 11) is 0. The summed E-state index contributed by atoms with van der Waals surface area (Å²) >= 11 is 0. The van der Waals surface area contributed by atoms with E-state index < -0.39 is 0 Å². The molecule has 1 heteroatoms. The minimum atomic E-state index is 0.740. The average molecular weight is 181 g/mol. The molecule has 0 radical (unpaired) electrons. The Balaban J connectivity index is 1.81. The van der Waals surface area contributed by atoms with Crippen molar-refractivity contribution in [2.45, 2.75) is 51.9 Å². The minimum absolute atomic E-state index is 0.740. The number of hydrogen-bond donors (Lipinski definition) is 1. The Morgan fingerprint density at radius 2 is 2.00 bits per heavy atom. The van der Waals surface area contributed by atoms with E-state index in [1.807, 2.05) is 0 Å². The van der Waals surface area contributed by atoms with Crippen molar-refractivity contribution in [3.8, 4) is 0 Å². The number of hydrogen-bond acceptors (Lipinski definition) is 1. The van der Waals surface area contributed by atoms with Gasteiger partial charge in [-0.2, -0.15) is 0 Å². The van der Waals surface area contributed by atoms with Crippen LogP contribution >= 0.6 is 0 Å². The van der Waals surface area contributed by atoms with Crippen molar-refractivity contribution in [2.24, 2.45) is 11.3 Å². The predicted octanol–water partition coefficient (Wildman–Crippen LogP) is 2.96. The van der Waals surface area contributed by atoms with Crippen molar-refractivity contribution in [3.05, 3.63) is 0 Å². The lowest BCUT2D eigenvalue weighted by Gasteiger charge is -2.36. The van der Waals surface area contributed by atoms with Gasteiger partial charge >= 0.3 is 0 Å². The molecule has 0 bridgehead atoms. The summed E-state index contributed by atoms with van der Waals surface area (Å²) in [4.78, 5) is 0. The SMILES string of the molecule is CCCC1CCC2(CCNC2)CC1. The third kappa shape index (κ3) is 2.07. The van der Waals surface area contributed by atoms with Crippen molar-refractivity contribution in [2.75, 3.05) is 13.1 Å². The molecule has 0 atom stereocenters. The highest BCUT2D eigenvalue weighted by Crippen LogP contribution is 2.43. The second-order valence-corrected chi connectivity index (χ2v) is 5.16. The first-order valence-corrected chi connectivity index (χ1v) is 6.05. The van der Waals surface area contributed by atoms with Gasteiger partial charge in [-0.25, -0.2) is 0 Å². The first-order chi connectivity index (χ1) is 6.35. The average Bonchev–Trinajstić information content (AvgIpc) is 2.59. The van der Waals surface area contributed by atoms with E-state index in [1.165, 1.54) is 58.0 Å². The molecule has 1 saturated carbocycles. The summed E-state index contributed by atoms with van der Waals surface area (Å²) in [5.41, 5.74) is 0.740. The van der Waals surface area contributed by atoms with Crippen molar-refractivity contribution in [1.82, 2.24) is 5.32 Å². The lowest BCUT2D eigenvalue weighted by molar-refractivity contribution is 0.164. The maximum atomic E-state index is 3.53. The van der Waals surface area contributed by atoms with Gasteiger partial charge in [0.1, 0.15) is 0 Å². The monoisotopic (exact) mass is 181 g/mol. The summed E-state index contributed by atoms with van der Waals surface area (Å²) in [6, 6.07) is 0. The van der Waals surface area contributed by atoms with Crippen LogP contribution in [0.2, 0.25) is 0 Å². The molecule has 1 aliphatic carbocycles. The van der Waals surface area contributed by atoms with Crippen LogP contribution < -0.4 is 5.32 Å². The highest BCUT2D eigenvalue weighted by molar-refractivity contribution is 4.91. The summed E-state index contributed by atoms with van der Waals surface area (Å²) in [5, 5.41) is 3.53. The second-order valence-electron chi connectivity index (χ2n) is 5.16. The van der Waals surface area contributed by atoms with Crippen LogP contribution in [0.5, 0.6) is 0 Å². The molecule has 1 aliphatic heterocycles. The Bertz CT molecular complexity index is 149. The fraction of sp³-hybridized carbons (Fsp3) is 1.00. The third-order valence-corrected chi connectivity index (χ3v) is 4.19. The maximum absolute atomic E-state index is 3.53. The summed E-state index contributed by atoms with van der Waals surface area (Å²) in [6.07, 6.45) is 10.3. The van der Waals surface area contributed by atoms with Crippen LogP contribution in [0, 0.1) is 11.3 Å². The van der Waals surface area contributed by atoms with Gasteiger partial charge < -0.3 is 5.32 Å². The molecular formula is C12H23N. The molecule has 2 fully saturated rings. The zero-order valence-corrected chi connectivity index (χ0v) is 8.94. The van der Waals surface area contributed by atoms with E-state index in [4.69, 9.17) is 0 Å². The molecule has 0 unspecified atom stereocenters. The molecule has 1 spiro atoms. The number of nitrogens with one attached hydrogen (secondary N) is 1. The molecule has 2 aliphatic rings. The first-order valence-electron chi connectivity index (χ1n) is 6.05. The normalized spacial score (nSPS) is 39.9. The van der Waals surface area contributed by atoms with Crippen molar-refractivity contribution in [3.63, 3.8) is 0 Å². The maximum Gasteiger partial charge on any atom is 0.000829 e. The van der Waals surface area contributed by atoms with E-state index in [1.54, 1.807) is 0 Å². The molecule has 0 aromatic carbocycles. The van der Waals surface area contributed by atoms with Crippen molar-refractivity contribution >= 4 is 0 Å². The molecule has 0 amide bonds. The van der Waals surface area contributed by atoms with E-state index in [-0.39, 0.29) is 0 Å². The van der Waals surface area contributed by atoms with Crippen LogP contribution in [-0.4, -0.2) is 13.1 Å². The van der Waals surface area contributed by atoms with Gasteiger partial charge in [-0.3, -0.25) is 0 Å². The molecule has 0 aromatic rings. The van der Waals surface area contributed by atoms with Gasteiger partial charge in [0.05, 0.1) is 0 Å². The third-order valence-electron chi connectivity index (χ3n) is 4.19. The Kier molecular flexibility index (Phi) is 2.92. The van der Waals surface area contributed by atoms with Gasteiger partial charge in [0.25, 0.3) is 0 Å². The van der Waals surface area contributed by atoms with Gasteiger partial charge in [-0.15, -0.1) is 0 Å². The molecule has 76 valence electrons. The number of rotatable bonds is 2. The molecule has 1 saturated heterocycles. The standard InChI is InChI=1S/C12H23N/c1-2-3-11-4-6-12(7-5-11)8-9-13-10-12/h11,13H,2-10H2,1H3. The van der Waals surface area contributed by atoms with Gasteiger partial charge in [0, 0.05) is 6.54 Å². The van der Waals surface area contributed by atoms with E-state index in [0.717, 1.165) is 11.3 Å². The van der Waals surface area contributed by atoms with Crippen LogP contribution in [0.25, 0.3) is 0 Å². The predicted molar refractivity (Wildman–Crippen MR) is 56.8 cm³/mol. The van der Waals surface area contributed by atoms with Crippen LogP contribution in [0.15, 0.2) is 0 Å². The Morgan fingerprint density at radius 3 is 2.54 bits per heavy atom. The summed E-state index contributed by atoms with van der Waals surface area (Å²) < 4.78 is 0. The Morgan fingerprint density at radius 1 is 1.23 bits per heavy atom. The van der Waals surface area contributed by atoms with E-state index in [0.29, 0.717) is 0 Å². The van der Waals surface area contributed by atoms with Crippen molar-refractivity contribution in [1.29, 1.82) is 0 Å². The zero-order valence-electron chi connectivity index (χ0n) is 8.94. The van der Waals surface area contributed by atoms with Gasteiger partial charge in [0.15, 0.2) is 0 Å². The van der Waals surface area contributed by atoms with Crippen LogP contribution in [0.4, 0.5) is 0 Å². The van der Waals surface area contributed by atoms with Gasteiger partial charge in [-0.05, 0) is 50.0 Å². The second kappa shape index (κ2) is 4.00. The van der Waals surface area contributed by atoms with Crippen LogP contribution in [0.1, 0.15) is 51.9 Å². The molecule has 1 N–H and O–H groups in total. The summed E-state index contributed by atoms with van der Waals surface area (Å²) in [6.45, 7) is 4.91. The van der Waals surface area contributed by atoms with Crippen LogP contribution in [-0.2, 0) is 0 Å². The van der Waals surface area contributed by atoms with Gasteiger partial charge in [-0.1, -0.05) is 19.8 Å². The quantitative estimate of drug-likeness (QED) is 0.690. The minimum Gasteiger partial charge on any atom is -0.316 e. The van der Waals surface area contributed by atoms with E-state index >= 15 is 0 Å². The molecule has 2 rings (SSSR count). The Labute approximate surface area is 82.3 Å². The summed E-state index contributed by atoms with van der Waals surface area (Å²) in [5.74, 6) is 1.07. The lowest BCUT2D eigenvalue weighted by atomic mass is 9.69. The largest absolute Gasteiger partial charge is 0.316 e. The zero-order chi connectivity index (χ0) is 9.15. The fourth-order valence-electron chi connectivity index (χ4n) is 3.21. The van der Waals surface area contributed by atoms with Gasteiger partial charge in [0.2, 0.25) is 0 Å². The van der Waals surface area contributed by atoms with Crippen molar-refractivity contribution < 1.29 is 0 Å². The topological polar surface area (TPSA) is 12.0 Å². The van der Waals surface area contributed by atoms with E-state index in [2.05, 4.69) is 12.2 Å². The molecule has 13 heavy (non-hydrogen) atoms. The highest BCUT2D eigenvalue weighted by atomic mass is 14.9. The first kappa shape index (κ1) is 9.51. The smallest absolute Gasteiger partial charge is 0.000829 e. The molecular weight excluding hydrogens is 158 g/mol.